The first kappa shape index (κ1) is 17.8. The van der Waals surface area contributed by atoms with Gasteiger partial charge in [-0.2, -0.15) is 0 Å². The number of nitrogens with zero attached hydrogens (tertiary/aromatic N) is 1. The number of carbonyl (C=O) groups is 2. The van der Waals surface area contributed by atoms with Crippen LogP contribution >= 0.6 is 0 Å². The lowest BCUT2D eigenvalue weighted by Gasteiger charge is -2.06. The maximum atomic E-state index is 12.3. The van der Waals surface area contributed by atoms with E-state index in [1.54, 1.807) is 6.92 Å². The van der Waals surface area contributed by atoms with E-state index in [1.165, 1.54) is 6.26 Å². The molecule has 2 aromatic heterocycles. The molecule has 0 radical (unpaired) electrons. The maximum Gasteiger partial charge on any atom is 0.311 e. The molecule has 24 heavy (non-hydrogen) atoms. The van der Waals surface area contributed by atoms with Crippen LogP contribution in [-0.4, -0.2) is 22.1 Å². The van der Waals surface area contributed by atoms with E-state index in [1.807, 2.05) is 6.07 Å². The zero-order chi connectivity index (χ0) is 17.7. The molecule has 2 rings (SSSR count). The molecule has 0 aliphatic carbocycles. The molecule has 0 unspecified atom stereocenters. The second kappa shape index (κ2) is 7.81. The number of furan rings is 1. The molecule has 130 valence electrons. The average Bonchev–Trinajstić information content (AvgIpc) is 3.13. The van der Waals surface area contributed by atoms with Gasteiger partial charge in [-0.3, -0.25) is 9.59 Å². The Kier molecular flexibility index (Phi) is 5.78. The van der Waals surface area contributed by atoms with Gasteiger partial charge in [0.05, 0.1) is 24.1 Å². The highest BCUT2D eigenvalue weighted by molar-refractivity contribution is 5.97. The SMILES string of the molecule is CCC(CC)c1cc(CNC(=O)c2c(C)coc2CC(=O)O)on1. The van der Waals surface area contributed by atoms with Gasteiger partial charge < -0.3 is 19.4 Å². The van der Waals surface area contributed by atoms with Crippen molar-refractivity contribution in [2.45, 2.75) is 52.5 Å². The fraction of sp³-hybridized carbons (Fsp3) is 0.471. The Morgan fingerprint density at radius 1 is 1.33 bits per heavy atom. The number of carboxylic acids is 1. The van der Waals surface area contributed by atoms with Crippen LogP contribution in [0.25, 0.3) is 0 Å². The Balaban J connectivity index is 2.04. The molecule has 0 atom stereocenters. The molecular formula is C17H22N2O5. The van der Waals surface area contributed by atoms with Crippen LogP contribution in [0, 0.1) is 6.92 Å². The van der Waals surface area contributed by atoms with Crippen molar-refractivity contribution in [3.05, 3.63) is 40.7 Å². The summed E-state index contributed by atoms with van der Waals surface area (Å²) < 4.78 is 10.4. The summed E-state index contributed by atoms with van der Waals surface area (Å²) in [6.07, 6.45) is 2.99. The van der Waals surface area contributed by atoms with Crippen molar-refractivity contribution in [1.29, 1.82) is 0 Å². The molecule has 0 bridgehead atoms. The van der Waals surface area contributed by atoms with Crippen LogP contribution in [0.3, 0.4) is 0 Å². The lowest BCUT2D eigenvalue weighted by molar-refractivity contribution is -0.136. The molecule has 0 fully saturated rings. The molecule has 0 aliphatic heterocycles. The third-order valence-corrected chi connectivity index (χ3v) is 3.99. The fourth-order valence-electron chi connectivity index (χ4n) is 2.64. The smallest absolute Gasteiger partial charge is 0.311 e. The quantitative estimate of drug-likeness (QED) is 0.768. The summed E-state index contributed by atoms with van der Waals surface area (Å²) in [7, 11) is 0. The van der Waals surface area contributed by atoms with Gasteiger partial charge in [-0.05, 0) is 19.8 Å². The Hall–Kier alpha value is -2.57. The van der Waals surface area contributed by atoms with Gasteiger partial charge in [0, 0.05) is 17.5 Å². The number of amides is 1. The van der Waals surface area contributed by atoms with E-state index in [4.69, 9.17) is 14.0 Å². The van der Waals surface area contributed by atoms with E-state index >= 15 is 0 Å². The number of hydrogen-bond donors (Lipinski definition) is 2. The first-order chi connectivity index (χ1) is 11.5. The number of carboxylic acid groups (broad SMARTS) is 1. The molecular weight excluding hydrogens is 312 g/mol. The number of aromatic nitrogens is 1. The number of hydrogen-bond acceptors (Lipinski definition) is 5. The van der Waals surface area contributed by atoms with Crippen LogP contribution in [0.4, 0.5) is 0 Å². The molecule has 1 amide bonds. The highest BCUT2D eigenvalue weighted by atomic mass is 16.5. The van der Waals surface area contributed by atoms with Crippen LogP contribution in [0.2, 0.25) is 0 Å². The summed E-state index contributed by atoms with van der Waals surface area (Å²) in [6.45, 7) is 6.07. The monoisotopic (exact) mass is 334 g/mol. The van der Waals surface area contributed by atoms with Crippen molar-refractivity contribution >= 4 is 11.9 Å². The Morgan fingerprint density at radius 2 is 2.04 bits per heavy atom. The molecule has 2 heterocycles. The van der Waals surface area contributed by atoms with Crippen LogP contribution < -0.4 is 5.32 Å². The van der Waals surface area contributed by atoms with Gasteiger partial charge in [0.25, 0.3) is 5.91 Å². The van der Waals surface area contributed by atoms with E-state index in [9.17, 15) is 9.59 Å². The topological polar surface area (TPSA) is 106 Å². The number of aryl methyl sites for hydroxylation is 1. The summed E-state index contributed by atoms with van der Waals surface area (Å²) in [6, 6.07) is 1.85. The van der Waals surface area contributed by atoms with Crippen LogP contribution in [0.1, 0.15) is 65.7 Å². The zero-order valence-electron chi connectivity index (χ0n) is 14.1. The van der Waals surface area contributed by atoms with Gasteiger partial charge in [0.15, 0.2) is 5.76 Å². The van der Waals surface area contributed by atoms with E-state index in [0.717, 1.165) is 18.5 Å². The molecule has 7 heteroatoms. The maximum absolute atomic E-state index is 12.3. The van der Waals surface area contributed by atoms with Gasteiger partial charge in [-0.1, -0.05) is 19.0 Å². The van der Waals surface area contributed by atoms with Crippen molar-refractivity contribution < 1.29 is 23.6 Å². The molecule has 7 nitrogen and oxygen atoms in total. The highest BCUT2D eigenvalue weighted by Gasteiger charge is 2.21. The molecule has 2 aromatic rings. The lowest BCUT2D eigenvalue weighted by Crippen LogP contribution is -2.24. The molecule has 0 saturated heterocycles. The molecule has 0 spiro atoms. The molecule has 0 saturated carbocycles. The normalized spacial score (nSPS) is 11.0. The van der Waals surface area contributed by atoms with E-state index < -0.39 is 11.9 Å². The Labute approximate surface area is 140 Å². The second-order valence-electron chi connectivity index (χ2n) is 5.70. The molecule has 0 aliphatic rings. The van der Waals surface area contributed by atoms with Gasteiger partial charge in [-0.15, -0.1) is 0 Å². The third kappa shape index (κ3) is 4.04. The van der Waals surface area contributed by atoms with E-state index in [-0.39, 0.29) is 24.3 Å². The summed E-state index contributed by atoms with van der Waals surface area (Å²) in [5.74, 6) is -0.392. The van der Waals surface area contributed by atoms with E-state index in [2.05, 4.69) is 24.3 Å². The van der Waals surface area contributed by atoms with Crippen LogP contribution in [0.5, 0.6) is 0 Å². The number of carbonyl (C=O) groups excluding carboxylic acids is 1. The summed E-state index contributed by atoms with van der Waals surface area (Å²) >= 11 is 0. The van der Waals surface area contributed by atoms with Crippen molar-refractivity contribution in [3.8, 4) is 0 Å². The second-order valence-corrected chi connectivity index (χ2v) is 5.70. The minimum absolute atomic E-state index is 0.146. The zero-order valence-corrected chi connectivity index (χ0v) is 14.1. The molecule has 2 N–H and O–H groups in total. The number of nitrogens with one attached hydrogen (secondary N) is 1. The Morgan fingerprint density at radius 3 is 2.67 bits per heavy atom. The Bertz CT molecular complexity index is 712. The molecule has 0 aromatic carbocycles. The minimum Gasteiger partial charge on any atom is -0.481 e. The largest absolute Gasteiger partial charge is 0.481 e. The standard InChI is InChI=1S/C17H22N2O5/c1-4-11(5-2)13-6-12(24-19-13)8-18-17(22)16-10(3)9-23-14(16)7-15(20)21/h6,9,11H,4-5,7-8H2,1-3H3,(H,18,22)(H,20,21). The average molecular weight is 334 g/mol. The van der Waals surface area contributed by atoms with Crippen LogP contribution in [0.15, 0.2) is 21.3 Å². The van der Waals surface area contributed by atoms with Gasteiger partial charge >= 0.3 is 5.97 Å². The first-order valence-corrected chi connectivity index (χ1v) is 7.98. The van der Waals surface area contributed by atoms with Gasteiger partial charge in [0.2, 0.25) is 0 Å². The summed E-state index contributed by atoms with van der Waals surface area (Å²) in [5, 5.41) is 15.6. The van der Waals surface area contributed by atoms with Crippen molar-refractivity contribution in [2.24, 2.45) is 0 Å². The summed E-state index contributed by atoms with van der Waals surface area (Å²) in [4.78, 5) is 23.2. The predicted octanol–water partition coefficient (Wildman–Crippen LogP) is 3.04. The van der Waals surface area contributed by atoms with Crippen molar-refractivity contribution in [2.75, 3.05) is 0 Å². The highest BCUT2D eigenvalue weighted by Crippen LogP contribution is 2.22. The van der Waals surface area contributed by atoms with Gasteiger partial charge in [0.1, 0.15) is 12.2 Å². The fourth-order valence-corrected chi connectivity index (χ4v) is 2.64. The minimum atomic E-state index is -1.05. The van der Waals surface area contributed by atoms with Crippen molar-refractivity contribution in [1.82, 2.24) is 10.5 Å². The summed E-state index contributed by atoms with van der Waals surface area (Å²) in [5.41, 5.74) is 1.74. The predicted molar refractivity (Wildman–Crippen MR) is 85.8 cm³/mol. The lowest BCUT2D eigenvalue weighted by atomic mass is 9.99. The van der Waals surface area contributed by atoms with Crippen LogP contribution in [-0.2, 0) is 17.8 Å². The number of rotatable bonds is 8. The van der Waals surface area contributed by atoms with Crippen molar-refractivity contribution in [3.63, 3.8) is 0 Å². The van der Waals surface area contributed by atoms with Gasteiger partial charge in [-0.25, -0.2) is 0 Å². The van der Waals surface area contributed by atoms with E-state index in [0.29, 0.717) is 17.2 Å². The third-order valence-electron chi connectivity index (χ3n) is 3.99. The number of aliphatic carboxylic acids is 1. The first-order valence-electron chi connectivity index (χ1n) is 7.98.